The molecule has 6 heteroatoms. The molecule has 0 bridgehead atoms. The molecule has 0 fully saturated rings. The zero-order valence-corrected chi connectivity index (χ0v) is 11.0. The number of nitro benzene ring substituents is 1. The molecule has 1 aromatic rings. The van der Waals surface area contributed by atoms with E-state index in [1.165, 1.54) is 0 Å². The van der Waals surface area contributed by atoms with Crippen molar-refractivity contribution in [2.75, 3.05) is 10.7 Å². The molecule has 0 saturated carbocycles. The van der Waals surface area contributed by atoms with Gasteiger partial charge in [-0.15, -0.1) is 0 Å². The first-order valence-corrected chi connectivity index (χ1v) is 5.99. The highest BCUT2D eigenvalue weighted by Crippen LogP contribution is 2.35. The van der Waals surface area contributed by atoms with Crippen molar-refractivity contribution in [3.8, 4) is 0 Å². The van der Waals surface area contributed by atoms with E-state index in [0.717, 1.165) is 12.8 Å². The Hall–Kier alpha value is -1.82. The third-order valence-electron chi connectivity index (χ3n) is 3.37. The van der Waals surface area contributed by atoms with Gasteiger partial charge >= 0.3 is 5.69 Å². The molecular formula is C12H20N4O2. The number of nitrogens with two attached hydrogens (primary N) is 1. The molecule has 0 aliphatic carbocycles. The summed E-state index contributed by atoms with van der Waals surface area (Å²) in [6.45, 7) is 6.14. The first-order valence-electron chi connectivity index (χ1n) is 5.99. The third-order valence-corrected chi connectivity index (χ3v) is 3.37. The van der Waals surface area contributed by atoms with Gasteiger partial charge in [0.1, 0.15) is 11.4 Å². The molecule has 0 aliphatic rings. The van der Waals surface area contributed by atoms with E-state index in [1.54, 1.807) is 18.2 Å². The van der Waals surface area contributed by atoms with Gasteiger partial charge < -0.3 is 10.7 Å². The van der Waals surface area contributed by atoms with Gasteiger partial charge in [-0.05, 0) is 31.9 Å². The Labute approximate surface area is 107 Å². The molecule has 0 aromatic heterocycles. The summed E-state index contributed by atoms with van der Waals surface area (Å²) in [7, 11) is 0. The van der Waals surface area contributed by atoms with E-state index in [1.807, 2.05) is 20.8 Å². The molecule has 4 N–H and O–H groups in total. The summed E-state index contributed by atoms with van der Waals surface area (Å²) in [5, 5.41) is 14.4. The minimum Gasteiger partial charge on any atom is -0.374 e. The molecule has 0 saturated heterocycles. The number of anilines is 2. The van der Waals surface area contributed by atoms with Gasteiger partial charge in [0.25, 0.3) is 0 Å². The van der Waals surface area contributed by atoms with E-state index in [4.69, 9.17) is 5.84 Å². The second-order valence-electron chi connectivity index (χ2n) is 4.50. The molecule has 0 radical (unpaired) electrons. The number of hydrazine groups is 1. The predicted molar refractivity (Wildman–Crippen MR) is 73.5 cm³/mol. The quantitative estimate of drug-likeness (QED) is 0.411. The fourth-order valence-corrected chi connectivity index (χ4v) is 1.71. The molecule has 6 nitrogen and oxygen atoms in total. The van der Waals surface area contributed by atoms with Crippen molar-refractivity contribution >= 4 is 17.1 Å². The molecule has 1 rings (SSSR count). The number of para-hydroxylation sites is 1. The van der Waals surface area contributed by atoms with Crippen LogP contribution in [0.3, 0.4) is 0 Å². The smallest absolute Gasteiger partial charge is 0.316 e. The van der Waals surface area contributed by atoms with Gasteiger partial charge in [-0.1, -0.05) is 19.9 Å². The van der Waals surface area contributed by atoms with Crippen molar-refractivity contribution in [1.82, 2.24) is 0 Å². The van der Waals surface area contributed by atoms with Crippen molar-refractivity contribution in [1.29, 1.82) is 0 Å². The van der Waals surface area contributed by atoms with Gasteiger partial charge in [0.15, 0.2) is 0 Å². The SMILES string of the molecule is CCC(C)(CC)Nc1cccc(NN)c1[N+](=O)[O-]. The fraction of sp³-hybridized carbons (Fsp3) is 0.500. The van der Waals surface area contributed by atoms with Crippen molar-refractivity contribution in [2.24, 2.45) is 5.84 Å². The van der Waals surface area contributed by atoms with E-state index in [0.29, 0.717) is 11.4 Å². The van der Waals surface area contributed by atoms with E-state index >= 15 is 0 Å². The minimum atomic E-state index is -0.427. The van der Waals surface area contributed by atoms with Crippen molar-refractivity contribution in [2.45, 2.75) is 39.2 Å². The Balaban J connectivity index is 3.20. The van der Waals surface area contributed by atoms with Crippen LogP contribution in [0, 0.1) is 10.1 Å². The number of nitrogen functional groups attached to an aromatic ring is 1. The summed E-state index contributed by atoms with van der Waals surface area (Å²) < 4.78 is 0. The number of hydrogen-bond acceptors (Lipinski definition) is 5. The lowest BCUT2D eigenvalue weighted by Gasteiger charge is -2.29. The summed E-state index contributed by atoms with van der Waals surface area (Å²) in [6.07, 6.45) is 1.75. The lowest BCUT2D eigenvalue weighted by Crippen LogP contribution is -2.33. The largest absolute Gasteiger partial charge is 0.374 e. The van der Waals surface area contributed by atoms with Crippen LogP contribution in [0.4, 0.5) is 17.1 Å². The van der Waals surface area contributed by atoms with E-state index < -0.39 is 4.92 Å². The molecule has 18 heavy (non-hydrogen) atoms. The highest BCUT2D eigenvalue weighted by molar-refractivity contribution is 5.76. The van der Waals surface area contributed by atoms with Crippen LogP contribution in [-0.2, 0) is 0 Å². The standard InChI is InChI=1S/C12H20N4O2/c1-4-12(3,5-2)14-9-7-6-8-10(15-13)11(9)16(17)18/h6-8,14-15H,4-5,13H2,1-3H3. The number of benzene rings is 1. The average molecular weight is 252 g/mol. The molecule has 0 aliphatic heterocycles. The number of nitrogens with zero attached hydrogens (tertiary/aromatic N) is 1. The lowest BCUT2D eigenvalue weighted by atomic mass is 9.95. The first-order chi connectivity index (χ1) is 8.47. The Morgan fingerprint density at radius 2 is 1.89 bits per heavy atom. The van der Waals surface area contributed by atoms with E-state index in [9.17, 15) is 10.1 Å². The van der Waals surface area contributed by atoms with Gasteiger partial charge in [-0.3, -0.25) is 16.0 Å². The zero-order valence-electron chi connectivity index (χ0n) is 11.0. The van der Waals surface area contributed by atoms with E-state index in [2.05, 4.69) is 10.7 Å². The highest BCUT2D eigenvalue weighted by Gasteiger charge is 2.25. The van der Waals surface area contributed by atoms with E-state index in [-0.39, 0.29) is 11.2 Å². The molecule has 0 spiro atoms. The Kier molecular flexibility index (Phi) is 4.49. The monoisotopic (exact) mass is 252 g/mol. The van der Waals surface area contributed by atoms with Gasteiger partial charge in [0.2, 0.25) is 0 Å². The molecule has 0 heterocycles. The summed E-state index contributed by atoms with van der Waals surface area (Å²) in [6, 6.07) is 5.01. The average Bonchev–Trinajstić information content (AvgIpc) is 2.37. The Morgan fingerprint density at radius 1 is 1.33 bits per heavy atom. The zero-order chi connectivity index (χ0) is 13.8. The maximum absolute atomic E-state index is 11.1. The van der Waals surface area contributed by atoms with Crippen LogP contribution < -0.4 is 16.6 Å². The molecule has 100 valence electrons. The van der Waals surface area contributed by atoms with Gasteiger partial charge in [-0.2, -0.15) is 0 Å². The summed E-state index contributed by atoms with van der Waals surface area (Å²) >= 11 is 0. The number of nitrogens with one attached hydrogen (secondary N) is 2. The molecule has 1 aromatic carbocycles. The number of nitro groups is 1. The number of rotatable bonds is 6. The maximum Gasteiger partial charge on any atom is 0.316 e. The summed E-state index contributed by atoms with van der Waals surface area (Å²) in [4.78, 5) is 10.7. The predicted octanol–water partition coefficient (Wildman–Crippen LogP) is 2.87. The minimum absolute atomic E-state index is 0.0203. The Morgan fingerprint density at radius 3 is 2.33 bits per heavy atom. The van der Waals surface area contributed by atoms with Crippen molar-refractivity contribution in [3.63, 3.8) is 0 Å². The Bertz CT molecular complexity index is 430. The second kappa shape index (κ2) is 5.68. The van der Waals surface area contributed by atoms with Crippen LogP contribution in [0.2, 0.25) is 0 Å². The van der Waals surface area contributed by atoms with Crippen LogP contribution >= 0.6 is 0 Å². The van der Waals surface area contributed by atoms with Gasteiger partial charge in [-0.25, -0.2) is 0 Å². The lowest BCUT2D eigenvalue weighted by molar-refractivity contribution is -0.383. The molecule has 0 atom stereocenters. The summed E-state index contributed by atoms with van der Waals surface area (Å²) in [5.41, 5.74) is 2.96. The molecular weight excluding hydrogens is 232 g/mol. The third kappa shape index (κ3) is 2.89. The van der Waals surface area contributed by atoms with Gasteiger partial charge in [0.05, 0.1) is 4.92 Å². The van der Waals surface area contributed by atoms with Crippen LogP contribution in [0.5, 0.6) is 0 Å². The van der Waals surface area contributed by atoms with Crippen LogP contribution in [0.1, 0.15) is 33.6 Å². The second-order valence-corrected chi connectivity index (χ2v) is 4.50. The topological polar surface area (TPSA) is 93.2 Å². The summed E-state index contributed by atoms with van der Waals surface area (Å²) in [5.74, 6) is 5.30. The molecule has 0 amide bonds. The van der Waals surface area contributed by atoms with Crippen LogP contribution in [0.25, 0.3) is 0 Å². The van der Waals surface area contributed by atoms with Crippen molar-refractivity contribution < 1.29 is 4.92 Å². The normalized spacial score (nSPS) is 11.1. The highest BCUT2D eigenvalue weighted by atomic mass is 16.6. The molecule has 0 unspecified atom stereocenters. The number of hydrogen-bond donors (Lipinski definition) is 3. The maximum atomic E-state index is 11.1. The van der Waals surface area contributed by atoms with Crippen LogP contribution in [0.15, 0.2) is 18.2 Å². The van der Waals surface area contributed by atoms with Crippen molar-refractivity contribution in [3.05, 3.63) is 28.3 Å². The first kappa shape index (κ1) is 14.2. The fourth-order valence-electron chi connectivity index (χ4n) is 1.71. The van der Waals surface area contributed by atoms with Crippen LogP contribution in [-0.4, -0.2) is 10.5 Å². The van der Waals surface area contributed by atoms with Gasteiger partial charge in [0, 0.05) is 5.54 Å².